The molecule has 0 atom stereocenters. The lowest BCUT2D eigenvalue weighted by Gasteiger charge is -2.22. The van der Waals surface area contributed by atoms with Crippen molar-refractivity contribution in [1.29, 1.82) is 0 Å². The van der Waals surface area contributed by atoms with Crippen molar-refractivity contribution in [3.63, 3.8) is 0 Å². The van der Waals surface area contributed by atoms with Crippen LogP contribution in [0.1, 0.15) is 6.42 Å². The van der Waals surface area contributed by atoms with Gasteiger partial charge in [-0.05, 0) is 30.7 Å². The minimum absolute atomic E-state index is 0.146. The van der Waals surface area contributed by atoms with Gasteiger partial charge in [-0.2, -0.15) is 0 Å². The summed E-state index contributed by atoms with van der Waals surface area (Å²) in [5, 5.41) is 0. The molecule has 29 heavy (non-hydrogen) atoms. The Morgan fingerprint density at radius 3 is 2.76 bits per heavy atom. The Balaban J connectivity index is 1.52. The molecule has 3 heterocycles. The monoisotopic (exact) mass is 387 g/mol. The van der Waals surface area contributed by atoms with Crippen molar-refractivity contribution in [2.45, 2.75) is 6.42 Å². The first-order valence-corrected chi connectivity index (χ1v) is 9.78. The SMILES string of the molecule is O=CN1CCCN(c2ccc3[nH]c(-c4c5cccccc-5[nH]c4=O)nc3c2)CC1. The number of anilines is 1. The van der Waals surface area contributed by atoms with Crippen LogP contribution in [-0.2, 0) is 4.79 Å². The van der Waals surface area contributed by atoms with E-state index >= 15 is 0 Å². The number of fused-ring (bicyclic) bond motifs is 2. The molecular weight excluding hydrogens is 366 g/mol. The number of aromatic nitrogens is 3. The molecule has 1 fully saturated rings. The van der Waals surface area contributed by atoms with Crippen LogP contribution in [0.15, 0.2) is 53.3 Å². The number of amides is 1. The Morgan fingerprint density at radius 1 is 0.966 bits per heavy atom. The quantitative estimate of drug-likeness (QED) is 0.530. The first-order chi connectivity index (χ1) is 14.2. The standard InChI is InChI=1S/C22H21N5O2/c28-14-26-9-4-10-27(12-11-26)15-7-8-18-19(13-15)24-21(23-18)20-16-5-2-1-3-6-17(16)25-22(20)29/h1-3,5-8,13-14H,4,9-12H2,(H,23,24)(H,25,29). The average molecular weight is 387 g/mol. The van der Waals surface area contributed by atoms with Gasteiger partial charge in [0.2, 0.25) is 6.41 Å². The van der Waals surface area contributed by atoms with E-state index in [4.69, 9.17) is 4.98 Å². The smallest absolute Gasteiger partial charge is 0.260 e. The molecule has 0 bridgehead atoms. The van der Waals surface area contributed by atoms with Crippen molar-refractivity contribution in [2.24, 2.45) is 0 Å². The van der Waals surface area contributed by atoms with Crippen molar-refractivity contribution in [1.82, 2.24) is 19.9 Å². The summed E-state index contributed by atoms with van der Waals surface area (Å²) in [6.45, 7) is 3.21. The molecule has 1 saturated heterocycles. The van der Waals surface area contributed by atoms with E-state index in [2.05, 4.69) is 20.9 Å². The van der Waals surface area contributed by atoms with Gasteiger partial charge in [0.05, 0.1) is 16.6 Å². The van der Waals surface area contributed by atoms with Gasteiger partial charge in [-0.3, -0.25) is 9.59 Å². The van der Waals surface area contributed by atoms with E-state index in [1.807, 2.05) is 47.4 Å². The Morgan fingerprint density at radius 2 is 1.86 bits per heavy atom. The molecule has 146 valence electrons. The van der Waals surface area contributed by atoms with Crippen molar-refractivity contribution in [3.8, 4) is 22.6 Å². The van der Waals surface area contributed by atoms with Crippen LogP contribution in [0.4, 0.5) is 5.69 Å². The molecule has 5 rings (SSSR count). The van der Waals surface area contributed by atoms with E-state index in [1.165, 1.54) is 0 Å². The summed E-state index contributed by atoms with van der Waals surface area (Å²) < 4.78 is 0. The lowest BCUT2D eigenvalue weighted by atomic mass is 10.1. The van der Waals surface area contributed by atoms with Gasteiger partial charge >= 0.3 is 0 Å². The summed E-state index contributed by atoms with van der Waals surface area (Å²) in [6.07, 6.45) is 1.86. The number of rotatable bonds is 3. The number of hydrogen-bond donors (Lipinski definition) is 2. The lowest BCUT2D eigenvalue weighted by molar-refractivity contribution is -0.117. The maximum Gasteiger partial charge on any atom is 0.260 e. The molecule has 7 nitrogen and oxygen atoms in total. The van der Waals surface area contributed by atoms with Gasteiger partial charge in [-0.1, -0.05) is 24.3 Å². The summed E-state index contributed by atoms with van der Waals surface area (Å²) >= 11 is 0. The molecule has 7 heteroatoms. The second kappa shape index (κ2) is 7.09. The van der Waals surface area contributed by atoms with Gasteiger partial charge in [-0.15, -0.1) is 0 Å². The number of hydrogen-bond acceptors (Lipinski definition) is 4. The Hall–Kier alpha value is -3.61. The van der Waals surface area contributed by atoms with Crippen LogP contribution in [0.5, 0.6) is 0 Å². The summed E-state index contributed by atoms with van der Waals surface area (Å²) in [6, 6.07) is 15.7. The predicted molar refractivity (Wildman–Crippen MR) is 113 cm³/mol. The second-order valence-electron chi connectivity index (χ2n) is 7.34. The molecule has 0 radical (unpaired) electrons. The lowest BCUT2D eigenvalue weighted by Crippen LogP contribution is -2.29. The molecule has 1 aliphatic carbocycles. The summed E-state index contributed by atoms with van der Waals surface area (Å²) in [5.74, 6) is 0.572. The third-order valence-corrected chi connectivity index (χ3v) is 5.53. The topological polar surface area (TPSA) is 85.1 Å². The molecule has 1 aromatic carbocycles. The average Bonchev–Trinajstić information content (AvgIpc) is 3.05. The van der Waals surface area contributed by atoms with Gasteiger partial charge in [0.1, 0.15) is 5.82 Å². The molecule has 0 spiro atoms. The number of nitrogens with one attached hydrogen (secondary N) is 2. The summed E-state index contributed by atoms with van der Waals surface area (Å²) in [4.78, 5) is 38.7. The van der Waals surface area contributed by atoms with E-state index in [-0.39, 0.29) is 5.56 Å². The molecule has 0 unspecified atom stereocenters. The fourth-order valence-corrected chi connectivity index (χ4v) is 4.03. The van der Waals surface area contributed by atoms with Crippen molar-refractivity contribution in [2.75, 3.05) is 31.1 Å². The van der Waals surface area contributed by atoms with Gasteiger partial charge in [0.15, 0.2) is 0 Å². The van der Waals surface area contributed by atoms with Crippen LogP contribution >= 0.6 is 0 Å². The Labute approximate surface area is 167 Å². The molecule has 0 saturated carbocycles. The van der Waals surface area contributed by atoms with E-state index in [9.17, 15) is 9.59 Å². The van der Waals surface area contributed by atoms with Gasteiger partial charge in [0, 0.05) is 43.1 Å². The zero-order valence-electron chi connectivity index (χ0n) is 15.9. The van der Waals surface area contributed by atoms with Crippen LogP contribution < -0.4 is 10.5 Å². The van der Waals surface area contributed by atoms with Crippen LogP contribution in [-0.4, -0.2) is 52.4 Å². The first-order valence-electron chi connectivity index (χ1n) is 9.78. The molecule has 2 aliphatic heterocycles. The van der Waals surface area contributed by atoms with Gasteiger partial charge in [-0.25, -0.2) is 4.98 Å². The minimum atomic E-state index is -0.146. The molecule has 1 amide bonds. The fourth-order valence-electron chi connectivity index (χ4n) is 4.03. The van der Waals surface area contributed by atoms with Gasteiger partial charge < -0.3 is 19.8 Å². The third-order valence-electron chi connectivity index (χ3n) is 5.53. The molecule has 3 aliphatic rings. The number of H-pyrrole nitrogens is 2. The highest BCUT2D eigenvalue weighted by Gasteiger charge is 2.19. The maximum absolute atomic E-state index is 12.6. The van der Waals surface area contributed by atoms with E-state index in [0.717, 1.165) is 67.0 Å². The number of aromatic amines is 2. The van der Waals surface area contributed by atoms with Crippen molar-refractivity contribution in [3.05, 3.63) is 58.9 Å². The highest BCUT2D eigenvalue weighted by Crippen LogP contribution is 2.30. The van der Waals surface area contributed by atoms with Crippen molar-refractivity contribution >= 4 is 23.1 Å². The number of carbonyl (C=O) groups excluding carboxylic acids is 1. The predicted octanol–water partition coefficient (Wildman–Crippen LogP) is 2.69. The fraction of sp³-hybridized carbons (Fsp3) is 0.227. The zero-order chi connectivity index (χ0) is 19.8. The van der Waals surface area contributed by atoms with Crippen LogP contribution in [0.25, 0.3) is 33.7 Å². The highest BCUT2D eigenvalue weighted by atomic mass is 16.1. The zero-order valence-corrected chi connectivity index (χ0v) is 15.9. The number of nitrogens with zero attached hydrogens (tertiary/aromatic N) is 3. The van der Waals surface area contributed by atoms with Crippen molar-refractivity contribution < 1.29 is 4.79 Å². The highest BCUT2D eigenvalue weighted by molar-refractivity contribution is 5.87. The molecule has 2 aromatic rings. The van der Waals surface area contributed by atoms with Crippen LogP contribution in [0, 0.1) is 0 Å². The molecule has 1 aromatic heterocycles. The normalized spacial score (nSPS) is 15.0. The van der Waals surface area contributed by atoms with E-state index < -0.39 is 0 Å². The second-order valence-corrected chi connectivity index (χ2v) is 7.34. The summed E-state index contributed by atoms with van der Waals surface area (Å²) in [7, 11) is 0. The minimum Gasteiger partial charge on any atom is -0.370 e. The maximum atomic E-state index is 12.6. The largest absolute Gasteiger partial charge is 0.370 e. The molecule has 2 N–H and O–H groups in total. The van der Waals surface area contributed by atoms with Crippen LogP contribution in [0.3, 0.4) is 0 Å². The molecular formula is C22H21N5O2. The number of benzene rings is 1. The van der Waals surface area contributed by atoms with E-state index in [1.54, 1.807) is 0 Å². The number of imidazole rings is 1. The van der Waals surface area contributed by atoms with Crippen LogP contribution in [0.2, 0.25) is 0 Å². The Kier molecular flexibility index (Phi) is 4.27. The van der Waals surface area contributed by atoms with E-state index in [0.29, 0.717) is 11.4 Å². The Bertz CT molecular complexity index is 1210. The summed E-state index contributed by atoms with van der Waals surface area (Å²) in [5.41, 5.74) is 4.85. The number of carbonyl (C=O) groups is 1. The van der Waals surface area contributed by atoms with Gasteiger partial charge in [0.25, 0.3) is 5.56 Å². The first kappa shape index (κ1) is 17.5. The third kappa shape index (κ3) is 3.14.